The molecule has 0 saturated heterocycles. The summed E-state index contributed by atoms with van der Waals surface area (Å²) in [6.07, 6.45) is 2.58. The summed E-state index contributed by atoms with van der Waals surface area (Å²) in [6, 6.07) is 13.0. The minimum absolute atomic E-state index is 0.0833. The first-order valence-electron chi connectivity index (χ1n) is 6.22. The molecule has 0 bridgehead atoms. The van der Waals surface area contributed by atoms with Crippen LogP contribution in [0, 0.1) is 6.92 Å². The van der Waals surface area contributed by atoms with Crippen molar-refractivity contribution in [3.05, 3.63) is 59.2 Å². The second-order valence-electron chi connectivity index (χ2n) is 4.52. The van der Waals surface area contributed by atoms with Gasteiger partial charge in [0.25, 0.3) is 0 Å². The van der Waals surface area contributed by atoms with Crippen LogP contribution in [0.2, 0.25) is 0 Å². The molecule has 0 fully saturated rings. The van der Waals surface area contributed by atoms with Crippen LogP contribution in [0.3, 0.4) is 0 Å². The smallest absolute Gasteiger partial charge is 0.157 e. The van der Waals surface area contributed by atoms with Crippen LogP contribution in [-0.2, 0) is 6.42 Å². The molecule has 0 unspecified atom stereocenters. The van der Waals surface area contributed by atoms with E-state index in [9.17, 15) is 10.2 Å². The molecule has 0 radical (unpaired) electrons. The summed E-state index contributed by atoms with van der Waals surface area (Å²) in [5.74, 6) is -0.174. The van der Waals surface area contributed by atoms with E-state index >= 15 is 0 Å². The predicted octanol–water partition coefficient (Wildman–Crippen LogP) is 3.07. The van der Waals surface area contributed by atoms with Gasteiger partial charge < -0.3 is 10.2 Å². The van der Waals surface area contributed by atoms with Gasteiger partial charge in [0.05, 0.1) is 0 Å². The van der Waals surface area contributed by atoms with Crippen molar-refractivity contribution in [2.24, 2.45) is 4.99 Å². The van der Waals surface area contributed by atoms with Crippen LogP contribution in [-0.4, -0.2) is 23.0 Å². The van der Waals surface area contributed by atoms with Gasteiger partial charge in [0.2, 0.25) is 0 Å². The Balaban J connectivity index is 1.89. The summed E-state index contributed by atoms with van der Waals surface area (Å²) in [7, 11) is 0. The molecule has 0 aliphatic rings. The van der Waals surface area contributed by atoms with Gasteiger partial charge in [-0.3, -0.25) is 4.99 Å². The highest BCUT2D eigenvalue weighted by Gasteiger charge is 1.99. The zero-order valence-electron chi connectivity index (χ0n) is 10.9. The first-order chi connectivity index (χ1) is 9.15. The van der Waals surface area contributed by atoms with Gasteiger partial charge >= 0.3 is 0 Å². The van der Waals surface area contributed by atoms with Crippen molar-refractivity contribution >= 4 is 6.21 Å². The highest BCUT2D eigenvalue weighted by Crippen LogP contribution is 2.24. The van der Waals surface area contributed by atoms with Crippen molar-refractivity contribution in [1.29, 1.82) is 0 Å². The molecule has 2 N–H and O–H groups in total. The molecule has 2 aromatic rings. The fourth-order valence-corrected chi connectivity index (χ4v) is 1.74. The number of benzene rings is 2. The Kier molecular flexibility index (Phi) is 4.18. The van der Waals surface area contributed by atoms with Gasteiger partial charge in [-0.15, -0.1) is 0 Å². The molecule has 0 aliphatic heterocycles. The van der Waals surface area contributed by atoms with E-state index in [-0.39, 0.29) is 11.5 Å². The van der Waals surface area contributed by atoms with Gasteiger partial charge in [-0.1, -0.05) is 35.9 Å². The standard InChI is InChI=1S/C16H17NO2/c1-12-2-4-14(5-3-12)11-17-9-8-13-6-7-15(18)16(19)10-13/h2-7,10-11,18-19H,8-9H2,1H3. The number of hydrogen-bond donors (Lipinski definition) is 2. The molecular formula is C16H17NO2. The number of phenolic OH excluding ortho intramolecular Hbond substituents is 2. The average molecular weight is 255 g/mol. The first kappa shape index (κ1) is 13.1. The summed E-state index contributed by atoms with van der Waals surface area (Å²) >= 11 is 0. The highest BCUT2D eigenvalue weighted by atomic mass is 16.3. The van der Waals surface area contributed by atoms with Crippen molar-refractivity contribution < 1.29 is 10.2 Å². The van der Waals surface area contributed by atoms with E-state index in [1.165, 1.54) is 11.6 Å². The zero-order chi connectivity index (χ0) is 13.7. The molecule has 0 atom stereocenters. The van der Waals surface area contributed by atoms with E-state index in [1.807, 2.05) is 18.3 Å². The number of hydrogen-bond acceptors (Lipinski definition) is 3. The lowest BCUT2D eigenvalue weighted by molar-refractivity contribution is 0.403. The zero-order valence-corrected chi connectivity index (χ0v) is 10.9. The maximum atomic E-state index is 9.37. The van der Waals surface area contributed by atoms with Crippen molar-refractivity contribution in [3.8, 4) is 11.5 Å². The van der Waals surface area contributed by atoms with E-state index in [4.69, 9.17) is 0 Å². The van der Waals surface area contributed by atoms with E-state index in [1.54, 1.807) is 12.1 Å². The molecule has 0 heterocycles. The monoisotopic (exact) mass is 255 g/mol. The third-order valence-electron chi connectivity index (χ3n) is 2.89. The second kappa shape index (κ2) is 6.05. The van der Waals surface area contributed by atoms with Crippen LogP contribution in [0.25, 0.3) is 0 Å². The van der Waals surface area contributed by atoms with E-state index < -0.39 is 0 Å². The molecule has 0 aromatic heterocycles. The Bertz CT molecular complexity index is 574. The van der Waals surface area contributed by atoms with Crippen molar-refractivity contribution in [2.75, 3.05) is 6.54 Å². The summed E-state index contributed by atoms with van der Waals surface area (Å²) in [5, 5.41) is 18.6. The first-order valence-corrected chi connectivity index (χ1v) is 6.22. The average Bonchev–Trinajstić information content (AvgIpc) is 2.41. The molecule has 0 aliphatic carbocycles. The SMILES string of the molecule is Cc1ccc(C=NCCc2ccc(O)c(O)c2)cc1. The number of aryl methyl sites for hydroxylation is 1. The maximum Gasteiger partial charge on any atom is 0.157 e. The lowest BCUT2D eigenvalue weighted by atomic mass is 10.1. The van der Waals surface area contributed by atoms with Crippen molar-refractivity contribution in [2.45, 2.75) is 13.3 Å². The molecule has 2 aromatic carbocycles. The predicted molar refractivity (Wildman–Crippen MR) is 77.1 cm³/mol. The Hall–Kier alpha value is -2.29. The van der Waals surface area contributed by atoms with Crippen LogP contribution >= 0.6 is 0 Å². The summed E-state index contributed by atoms with van der Waals surface area (Å²) in [5.41, 5.74) is 3.27. The number of phenols is 2. The molecule has 3 nitrogen and oxygen atoms in total. The Labute approximate surface area is 112 Å². The minimum atomic E-state index is -0.0908. The van der Waals surface area contributed by atoms with E-state index in [0.717, 1.165) is 17.5 Å². The Morgan fingerprint density at radius 2 is 1.74 bits per heavy atom. The molecule has 19 heavy (non-hydrogen) atoms. The third kappa shape index (κ3) is 3.85. The van der Waals surface area contributed by atoms with E-state index in [0.29, 0.717) is 6.54 Å². The molecule has 0 saturated carbocycles. The van der Waals surface area contributed by atoms with Crippen molar-refractivity contribution in [1.82, 2.24) is 0 Å². The number of nitrogens with zero attached hydrogens (tertiary/aromatic N) is 1. The quantitative estimate of drug-likeness (QED) is 0.651. The van der Waals surface area contributed by atoms with Gasteiger partial charge in [0.15, 0.2) is 11.5 Å². The lowest BCUT2D eigenvalue weighted by Gasteiger charge is -2.01. The lowest BCUT2D eigenvalue weighted by Crippen LogP contribution is -1.91. The summed E-state index contributed by atoms with van der Waals surface area (Å²) < 4.78 is 0. The molecule has 3 heteroatoms. The molecule has 0 amide bonds. The van der Waals surface area contributed by atoms with Crippen LogP contribution in [0.15, 0.2) is 47.5 Å². The molecule has 0 spiro atoms. The number of aromatic hydroxyl groups is 2. The molecular weight excluding hydrogens is 238 g/mol. The van der Waals surface area contributed by atoms with Crippen LogP contribution in [0.4, 0.5) is 0 Å². The highest BCUT2D eigenvalue weighted by molar-refractivity contribution is 5.79. The van der Waals surface area contributed by atoms with Gasteiger partial charge in [0, 0.05) is 12.8 Å². The van der Waals surface area contributed by atoms with Crippen molar-refractivity contribution in [3.63, 3.8) is 0 Å². The third-order valence-corrected chi connectivity index (χ3v) is 2.89. The van der Waals surface area contributed by atoms with Gasteiger partial charge in [-0.25, -0.2) is 0 Å². The Morgan fingerprint density at radius 1 is 1.00 bits per heavy atom. The molecule has 2 rings (SSSR count). The van der Waals surface area contributed by atoms with Gasteiger partial charge in [-0.2, -0.15) is 0 Å². The summed E-state index contributed by atoms with van der Waals surface area (Å²) in [6.45, 7) is 2.70. The second-order valence-corrected chi connectivity index (χ2v) is 4.52. The summed E-state index contributed by atoms with van der Waals surface area (Å²) in [4.78, 5) is 4.35. The van der Waals surface area contributed by atoms with Crippen LogP contribution in [0.1, 0.15) is 16.7 Å². The number of rotatable bonds is 4. The number of aliphatic imine (C=N–C) groups is 1. The van der Waals surface area contributed by atoms with Crippen LogP contribution in [0.5, 0.6) is 11.5 Å². The minimum Gasteiger partial charge on any atom is -0.504 e. The fourth-order valence-electron chi connectivity index (χ4n) is 1.74. The topological polar surface area (TPSA) is 52.8 Å². The molecule has 98 valence electrons. The van der Waals surface area contributed by atoms with Gasteiger partial charge in [0.1, 0.15) is 0 Å². The largest absolute Gasteiger partial charge is 0.504 e. The van der Waals surface area contributed by atoms with E-state index in [2.05, 4.69) is 24.0 Å². The maximum absolute atomic E-state index is 9.37. The normalized spacial score (nSPS) is 11.0. The van der Waals surface area contributed by atoms with Gasteiger partial charge in [-0.05, 0) is 36.6 Å². The fraction of sp³-hybridized carbons (Fsp3) is 0.188. The van der Waals surface area contributed by atoms with Crippen LogP contribution < -0.4 is 0 Å². The Morgan fingerprint density at radius 3 is 2.42 bits per heavy atom.